The zero-order valence-corrected chi connectivity index (χ0v) is 17.0. The molecule has 2 aromatic carbocycles. The van der Waals surface area contributed by atoms with Crippen LogP contribution in [-0.2, 0) is 9.59 Å². The molecule has 0 unspecified atom stereocenters. The molecule has 0 radical (unpaired) electrons. The monoisotopic (exact) mass is 399 g/mol. The normalized spacial score (nSPS) is 15.6. The molecule has 1 N–H and O–H groups in total. The molecule has 30 heavy (non-hydrogen) atoms. The summed E-state index contributed by atoms with van der Waals surface area (Å²) in [6.45, 7) is 5.71. The van der Waals surface area contributed by atoms with Crippen molar-refractivity contribution < 1.29 is 14.4 Å². The fourth-order valence-electron chi connectivity index (χ4n) is 3.75. The minimum atomic E-state index is -0.744. The SMILES string of the molecule is Cc1ccccc1N1C(=O)NC(=O)/C(=C\c2cc(C)n(-c3ccccc3)c2C)C1=O. The van der Waals surface area contributed by atoms with Crippen molar-refractivity contribution in [3.8, 4) is 5.69 Å². The maximum absolute atomic E-state index is 13.1. The van der Waals surface area contributed by atoms with E-state index < -0.39 is 17.8 Å². The van der Waals surface area contributed by atoms with Gasteiger partial charge in [0.25, 0.3) is 11.8 Å². The van der Waals surface area contributed by atoms with Crippen molar-refractivity contribution in [2.24, 2.45) is 0 Å². The van der Waals surface area contributed by atoms with Crippen LogP contribution in [0.4, 0.5) is 10.5 Å². The highest BCUT2D eigenvalue weighted by Gasteiger charge is 2.37. The van der Waals surface area contributed by atoms with Gasteiger partial charge in [0.15, 0.2) is 0 Å². The molecule has 2 heterocycles. The Hall–Kier alpha value is -3.93. The molecule has 4 rings (SSSR count). The third kappa shape index (κ3) is 3.22. The van der Waals surface area contributed by atoms with Crippen LogP contribution in [0.5, 0.6) is 0 Å². The van der Waals surface area contributed by atoms with Gasteiger partial charge in [-0.05, 0) is 62.2 Å². The molecule has 0 aliphatic carbocycles. The first-order valence-electron chi connectivity index (χ1n) is 9.60. The Labute approximate surface area is 174 Å². The van der Waals surface area contributed by atoms with E-state index in [1.807, 2.05) is 69.3 Å². The van der Waals surface area contributed by atoms with E-state index >= 15 is 0 Å². The molecule has 1 aliphatic rings. The number of aryl methyl sites for hydroxylation is 2. The van der Waals surface area contributed by atoms with Gasteiger partial charge in [-0.25, -0.2) is 9.69 Å². The molecule has 150 valence electrons. The van der Waals surface area contributed by atoms with Gasteiger partial charge >= 0.3 is 6.03 Å². The predicted molar refractivity (Wildman–Crippen MR) is 115 cm³/mol. The second kappa shape index (κ2) is 7.48. The maximum atomic E-state index is 13.1. The number of aromatic nitrogens is 1. The molecule has 0 spiro atoms. The fourth-order valence-corrected chi connectivity index (χ4v) is 3.75. The van der Waals surface area contributed by atoms with Crippen LogP contribution in [0, 0.1) is 20.8 Å². The zero-order chi connectivity index (χ0) is 21.4. The number of imide groups is 2. The summed E-state index contributed by atoms with van der Waals surface area (Å²) in [6.07, 6.45) is 1.55. The quantitative estimate of drug-likeness (QED) is 0.533. The molecule has 6 nitrogen and oxygen atoms in total. The summed E-state index contributed by atoms with van der Waals surface area (Å²) in [5.41, 5.74) is 4.74. The maximum Gasteiger partial charge on any atom is 0.335 e. The third-order valence-corrected chi connectivity index (χ3v) is 5.24. The minimum absolute atomic E-state index is 0.0776. The van der Waals surface area contributed by atoms with Crippen LogP contribution < -0.4 is 10.2 Å². The van der Waals surface area contributed by atoms with Crippen LogP contribution in [0.25, 0.3) is 11.8 Å². The van der Waals surface area contributed by atoms with Crippen LogP contribution in [0.2, 0.25) is 0 Å². The lowest BCUT2D eigenvalue weighted by Gasteiger charge is -2.27. The van der Waals surface area contributed by atoms with Gasteiger partial charge in [0.05, 0.1) is 5.69 Å². The number of hydrogen-bond donors (Lipinski definition) is 1. The van der Waals surface area contributed by atoms with Crippen LogP contribution in [0.1, 0.15) is 22.5 Å². The summed E-state index contributed by atoms with van der Waals surface area (Å²) in [5.74, 6) is -1.33. The average Bonchev–Trinajstić information content (AvgIpc) is 3.00. The molecule has 3 aromatic rings. The van der Waals surface area contributed by atoms with Gasteiger partial charge in [-0.3, -0.25) is 14.9 Å². The first-order valence-corrected chi connectivity index (χ1v) is 9.60. The second-order valence-electron chi connectivity index (χ2n) is 7.24. The highest BCUT2D eigenvalue weighted by atomic mass is 16.2. The van der Waals surface area contributed by atoms with Crippen LogP contribution in [-0.4, -0.2) is 22.4 Å². The number of nitrogens with zero attached hydrogens (tertiary/aromatic N) is 2. The highest BCUT2D eigenvalue weighted by molar-refractivity contribution is 6.39. The topological polar surface area (TPSA) is 71.4 Å². The molecule has 0 atom stereocenters. The number of rotatable bonds is 3. The Morgan fingerprint density at radius 2 is 1.53 bits per heavy atom. The van der Waals surface area contributed by atoms with Gasteiger partial charge in [0, 0.05) is 17.1 Å². The Bertz CT molecular complexity index is 1210. The van der Waals surface area contributed by atoms with Gasteiger partial charge in [-0.15, -0.1) is 0 Å². The lowest BCUT2D eigenvalue weighted by molar-refractivity contribution is -0.122. The summed E-state index contributed by atoms with van der Waals surface area (Å²) in [5, 5.41) is 2.28. The minimum Gasteiger partial charge on any atom is -0.318 e. The number of urea groups is 1. The van der Waals surface area contributed by atoms with E-state index in [0.29, 0.717) is 5.69 Å². The van der Waals surface area contributed by atoms with Gasteiger partial charge < -0.3 is 4.57 Å². The van der Waals surface area contributed by atoms with E-state index in [4.69, 9.17) is 0 Å². The summed E-state index contributed by atoms with van der Waals surface area (Å²) in [7, 11) is 0. The lowest BCUT2D eigenvalue weighted by Crippen LogP contribution is -2.54. The highest BCUT2D eigenvalue weighted by Crippen LogP contribution is 2.27. The van der Waals surface area contributed by atoms with E-state index in [-0.39, 0.29) is 5.57 Å². The van der Waals surface area contributed by atoms with E-state index in [9.17, 15) is 14.4 Å². The van der Waals surface area contributed by atoms with Crippen molar-refractivity contribution in [1.29, 1.82) is 0 Å². The molecule has 6 heteroatoms. The number of amides is 4. The van der Waals surface area contributed by atoms with Crippen molar-refractivity contribution in [2.45, 2.75) is 20.8 Å². The standard InChI is InChI=1S/C24H21N3O3/c1-15-9-7-8-12-21(15)27-23(29)20(22(28)25-24(27)30)14-18-13-16(2)26(17(18)3)19-10-5-4-6-11-19/h4-14H,1-3H3,(H,25,28,30)/b20-14+. The van der Waals surface area contributed by atoms with Gasteiger partial charge in [-0.1, -0.05) is 36.4 Å². The van der Waals surface area contributed by atoms with E-state index in [0.717, 1.165) is 33.1 Å². The van der Waals surface area contributed by atoms with Crippen molar-refractivity contribution in [1.82, 2.24) is 9.88 Å². The predicted octanol–water partition coefficient (Wildman–Crippen LogP) is 4.07. The van der Waals surface area contributed by atoms with Gasteiger partial charge in [0.1, 0.15) is 5.57 Å². The van der Waals surface area contributed by atoms with Crippen molar-refractivity contribution in [3.05, 3.63) is 88.8 Å². The number of benzene rings is 2. The molecule has 1 aliphatic heterocycles. The van der Waals surface area contributed by atoms with Crippen molar-refractivity contribution >= 4 is 29.6 Å². The number of nitrogens with one attached hydrogen (secondary N) is 1. The Kier molecular flexibility index (Phi) is 4.83. The second-order valence-corrected chi connectivity index (χ2v) is 7.24. The van der Waals surface area contributed by atoms with Crippen LogP contribution >= 0.6 is 0 Å². The van der Waals surface area contributed by atoms with Crippen molar-refractivity contribution in [2.75, 3.05) is 4.90 Å². The summed E-state index contributed by atoms with van der Waals surface area (Å²) >= 11 is 0. The molecule has 1 saturated heterocycles. The molecular formula is C24H21N3O3. The van der Waals surface area contributed by atoms with Crippen LogP contribution in [0.15, 0.2) is 66.2 Å². The smallest absolute Gasteiger partial charge is 0.318 e. The van der Waals surface area contributed by atoms with Gasteiger partial charge in [0.2, 0.25) is 0 Å². The third-order valence-electron chi connectivity index (χ3n) is 5.24. The Morgan fingerprint density at radius 1 is 0.867 bits per heavy atom. The number of para-hydroxylation sites is 2. The molecule has 1 aromatic heterocycles. The number of barbiturate groups is 1. The first-order chi connectivity index (χ1) is 14.4. The van der Waals surface area contributed by atoms with Crippen molar-refractivity contribution in [3.63, 3.8) is 0 Å². The zero-order valence-electron chi connectivity index (χ0n) is 17.0. The fraction of sp³-hybridized carbons (Fsp3) is 0.125. The molecule has 0 bridgehead atoms. The Balaban J connectivity index is 1.78. The number of anilines is 1. The van der Waals surface area contributed by atoms with Crippen LogP contribution in [0.3, 0.4) is 0 Å². The van der Waals surface area contributed by atoms with E-state index in [2.05, 4.69) is 9.88 Å². The summed E-state index contributed by atoms with van der Waals surface area (Å²) < 4.78 is 2.06. The first kappa shape index (κ1) is 19.4. The number of carbonyl (C=O) groups excluding carboxylic acids is 3. The summed E-state index contributed by atoms with van der Waals surface area (Å²) in [4.78, 5) is 39.1. The largest absolute Gasteiger partial charge is 0.335 e. The Morgan fingerprint density at radius 3 is 2.23 bits per heavy atom. The number of carbonyl (C=O) groups is 3. The number of hydrogen-bond acceptors (Lipinski definition) is 3. The molecular weight excluding hydrogens is 378 g/mol. The van der Waals surface area contributed by atoms with Gasteiger partial charge in [-0.2, -0.15) is 0 Å². The molecule has 4 amide bonds. The van der Waals surface area contributed by atoms with E-state index in [1.165, 1.54) is 0 Å². The van der Waals surface area contributed by atoms with E-state index in [1.54, 1.807) is 18.2 Å². The molecule has 0 saturated carbocycles. The lowest BCUT2D eigenvalue weighted by atomic mass is 10.1. The average molecular weight is 399 g/mol. The molecule has 1 fully saturated rings. The summed E-state index contributed by atoms with van der Waals surface area (Å²) in [6, 6.07) is 18.1.